The van der Waals surface area contributed by atoms with Crippen LogP contribution in [0.15, 0.2) is 24.3 Å². The van der Waals surface area contributed by atoms with Crippen LogP contribution in [0.1, 0.15) is 17.0 Å². The number of ether oxygens (including phenoxy) is 1. The van der Waals surface area contributed by atoms with Crippen LogP contribution in [0.5, 0.6) is 5.88 Å². The molecular weight excluding hydrogens is 255 g/mol. The van der Waals surface area contributed by atoms with Crippen LogP contribution in [0.2, 0.25) is 5.15 Å². The molecule has 2 aromatic rings. The van der Waals surface area contributed by atoms with Gasteiger partial charge in [-0.2, -0.15) is 0 Å². The van der Waals surface area contributed by atoms with E-state index in [0.29, 0.717) is 5.56 Å². The molecule has 18 heavy (non-hydrogen) atoms. The molecule has 0 N–H and O–H groups in total. The lowest BCUT2D eigenvalue weighted by molar-refractivity contribution is 0.286. The van der Waals surface area contributed by atoms with Gasteiger partial charge in [0.05, 0.1) is 11.4 Å². The fourth-order valence-electron chi connectivity index (χ4n) is 1.41. The van der Waals surface area contributed by atoms with Crippen LogP contribution in [0.3, 0.4) is 0 Å². The SMILES string of the molecule is Cc1nc(Cl)c(OCc2ccccc2F)nc1C. The maximum absolute atomic E-state index is 13.4. The van der Waals surface area contributed by atoms with E-state index in [2.05, 4.69) is 9.97 Å². The third-order valence-corrected chi connectivity index (χ3v) is 2.80. The molecule has 0 radical (unpaired) electrons. The number of hydrogen-bond donors (Lipinski definition) is 0. The largest absolute Gasteiger partial charge is 0.470 e. The number of aromatic nitrogens is 2. The Labute approximate surface area is 110 Å². The lowest BCUT2D eigenvalue weighted by atomic mass is 10.2. The number of halogens is 2. The molecule has 0 bridgehead atoms. The van der Waals surface area contributed by atoms with E-state index in [9.17, 15) is 4.39 Å². The van der Waals surface area contributed by atoms with E-state index in [4.69, 9.17) is 16.3 Å². The van der Waals surface area contributed by atoms with Crippen LogP contribution in [0.25, 0.3) is 0 Å². The Balaban J connectivity index is 2.16. The minimum atomic E-state index is -0.314. The van der Waals surface area contributed by atoms with Crippen LogP contribution in [-0.4, -0.2) is 9.97 Å². The number of hydrogen-bond acceptors (Lipinski definition) is 3. The number of benzene rings is 1. The summed E-state index contributed by atoms with van der Waals surface area (Å²) in [5.74, 6) is -0.0894. The van der Waals surface area contributed by atoms with Crippen molar-refractivity contribution in [3.63, 3.8) is 0 Å². The van der Waals surface area contributed by atoms with E-state index < -0.39 is 0 Å². The Morgan fingerprint density at radius 3 is 2.56 bits per heavy atom. The zero-order chi connectivity index (χ0) is 13.1. The molecule has 1 aromatic heterocycles. The third-order valence-electron chi connectivity index (χ3n) is 2.56. The Hall–Kier alpha value is -1.68. The zero-order valence-electron chi connectivity index (χ0n) is 10.1. The van der Waals surface area contributed by atoms with Crippen molar-refractivity contribution in [1.29, 1.82) is 0 Å². The standard InChI is InChI=1S/C13H12ClFN2O/c1-8-9(2)17-13(12(14)16-8)18-7-10-5-3-4-6-11(10)15/h3-6H,7H2,1-2H3. The molecule has 0 saturated carbocycles. The van der Waals surface area contributed by atoms with E-state index >= 15 is 0 Å². The second kappa shape index (κ2) is 5.31. The zero-order valence-corrected chi connectivity index (χ0v) is 10.8. The quantitative estimate of drug-likeness (QED) is 0.853. The molecule has 3 nitrogen and oxygen atoms in total. The normalized spacial score (nSPS) is 10.4. The predicted octanol–water partition coefficient (Wildman–Crippen LogP) is 3.46. The predicted molar refractivity (Wildman–Crippen MR) is 67.2 cm³/mol. The minimum Gasteiger partial charge on any atom is -0.470 e. The molecule has 0 unspecified atom stereocenters. The van der Waals surface area contributed by atoms with Crippen molar-refractivity contribution in [2.24, 2.45) is 0 Å². The average Bonchev–Trinajstić information content (AvgIpc) is 2.34. The Bertz CT molecular complexity index is 575. The average molecular weight is 267 g/mol. The highest BCUT2D eigenvalue weighted by Gasteiger charge is 2.09. The first kappa shape index (κ1) is 12.8. The van der Waals surface area contributed by atoms with E-state index in [0.717, 1.165) is 11.4 Å². The molecule has 0 fully saturated rings. The first-order chi connectivity index (χ1) is 8.58. The van der Waals surface area contributed by atoms with Crippen molar-refractivity contribution < 1.29 is 9.13 Å². The van der Waals surface area contributed by atoms with Crippen molar-refractivity contribution in [3.8, 4) is 5.88 Å². The summed E-state index contributed by atoms with van der Waals surface area (Å²) in [7, 11) is 0. The number of rotatable bonds is 3. The highest BCUT2D eigenvalue weighted by molar-refractivity contribution is 6.30. The second-order valence-corrected chi connectivity index (χ2v) is 4.23. The number of nitrogens with zero attached hydrogens (tertiary/aromatic N) is 2. The van der Waals surface area contributed by atoms with E-state index in [1.165, 1.54) is 6.07 Å². The number of aryl methyl sites for hydroxylation is 2. The van der Waals surface area contributed by atoms with Crippen molar-refractivity contribution in [1.82, 2.24) is 9.97 Å². The van der Waals surface area contributed by atoms with Crippen LogP contribution in [0.4, 0.5) is 4.39 Å². The second-order valence-electron chi connectivity index (χ2n) is 3.87. The van der Waals surface area contributed by atoms with Gasteiger partial charge in [-0.1, -0.05) is 29.8 Å². The van der Waals surface area contributed by atoms with Gasteiger partial charge in [-0.3, -0.25) is 0 Å². The van der Waals surface area contributed by atoms with Gasteiger partial charge in [0.1, 0.15) is 12.4 Å². The van der Waals surface area contributed by atoms with E-state index in [1.54, 1.807) is 18.2 Å². The highest BCUT2D eigenvalue weighted by atomic mass is 35.5. The molecule has 0 atom stereocenters. The molecule has 0 aliphatic heterocycles. The van der Waals surface area contributed by atoms with Crippen LogP contribution in [-0.2, 0) is 6.61 Å². The fourth-order valence-corrected chi connectivity index (χ4v) is 1.63. The summed E-state index contributed by atoms with van der Waals surface area (Å²) in [6.45, 7) is 3.70. The molecular formula is C13H12ClFN2O. The maximum Gasteiger partial charge on any atom is 0.252 e. The summed E-state index contributed by atoms with van der Waals surface area (Å²) >= 11 is 5.92. The lowest BCUT2D eigenvalue weighted by Crippen LogP contribution is -2.03. The van der Waals surface area contributed by atoms with Gasteiger partial charge in [0, 0.05) is 5.56 Å². The molecule has 0 spiro atoms. The summed E-state index contributed by atoms with van der Waals surface area (Å²) in [6, 6.07) is 6.40. The van der Waals surface area contributed by atoms with Gasteiger partial charge >= 0.3 is 0 Å². The minimum absolute atomic E-state index is 0.0730. The van der Waals surface area contributed by atoms with Gasteiger partial charge in [0.25, 0.3) is 5.88 Å². The third kappa shape index (κ3) is 2.76. The van der Waals surface area contributed by atoms with Gasteiger partial charge in [0.15, 0.2) is 5.15 Å². The fraction of sp³-hybridized carbons (Fsp3) is 0.231. The molecule has 0 aliphatic carbocycles. The maximum atomic E-state index is 13.4. The molecule has 0 amide bonds. The topological polar surface area (TPSA) is 35.0 Å². The smallest absolute Gasteiger partial charge is 0.252 e. The van der Waals surface area contributed by atoms with Gasteiger partial charge in [-0.05, 0) is 19.9 Å². The molecule has 0 saturated heterocycles. The first-order valence-electron chi connectivity index (χ1n) is 5.45. The van der Waals surface area contributed by atoms with Gasteiger partial charge in [0.2, 0.25) is 0 Å². The summed E-state index contributed by atoms with van der Waals surface area (Å²) in [4.78, 5) is 8.27. The highest BCUT2D eigenvalue weighted by Crippen LogP contribution is 2.22. The molecule has 94 valence electrons. The van der Waals surface area contributed by atoms with E-state index in [-0.39, 0.29) is 23.5 Å². The van der Waals surface area contributed by atoms with Crippen LogP contribution >= 0.6 is 11.6 Å². The van der Waals surface area contributed by atoms with Crippen molar-refractivity contribution in [2.75, 3.05) is 0 Å². The van der Waals surface area contributed by atoms with Crippen LogP contribution < -0.4 is 4.74 Å². The van der Waals surface area contributed by atoms with Crippen molar-refractivity contribution >= 4 is 11.6 Å². The summed E-state index contributed by atoms with van der Waals surface area (Å²) in [5.41, 5.74) is 1.94. The summed E-state index contributed by atoms with van der Waals surface area (Å²) in [6.07, 6.45) is 0. The van der Waals surface area contributed by atoms with E-state index in [1.807, 2.05) is 13.8 Å². The van der Waals surface area contributed by atoms with Gasteiger partial charge in [-0.25, -0.2) is 14.4 Å². The Morgan fingerprint density at radius 1 is 1.17 bits per heavy atom. The van der Waals surface area contributed by atoms with Gasteiger partial charge < -0.3 is 4.74 Å². The monoisotopic (exact) mass is 266 g/mol. The van der Waals surface area contributed by atoms with Crippen molar-refractivity contribution in [2.45, 2.75) is 20.5 Å². The van der Waals surface area contributed by atoms with Crippen molar-refractivity contribution in [3.05, 3.63) is 52.2 Å². The molecule has 2 rings (SSSR count). The summed E-state index contributed by atoms with van der Waals surface area (Å²) < 4.78 is 18.8. The lowest BCUT2D eigenvalue weighted by Gasteiger charge is -2.09. The first-order valence-corrected chi connectivity index (χ1v) is 5.82. The molecule has 5 heteroatoms. The van der Waals surface area contributed by atoms with Crippen LogP contribution in [0, 0.1) is 19.7 Å². The Kier molecular flexibility index (Phi) is 3.77. The Morgan fingerprint density at radius 2 is 1.83 bits per heavy atom. The molecule has 1 heterocycles. The summed E-state index contributed by atoms with van der Waals surface area (Å²) in [5, 5.41) is 0.189. The molecule has 0 aliphatic rings. The molecule has 1 aromatic carbocycles. The van der Waals surface area contributed by atoms with Gasteiger partial charge in [-0.15, -0.1) is 0 Å².